The number of morpholine rings is 1. The van der Waals surface area contributed by atoms with E-state index in [1.54, 1.807) is 0 Å². The van der Waals surface area contributed by atoms with Crippen molar-refractivity contribution in [3.05, 3.63) is 23.9 Å². The van der Waals surface area contributed by atoms with E-state index in [1.807, 2.05) is 19.1 Å². The van der Waals surface area contributed by atoms with Crippen molar-refractivity contribution >= 4 is 28.5 Å². The highest BCUT2D eigenvalue weighted by Gasteiger charge is 2.13. The Labute approximate surface area is 122 Å². The predicted octanol–water partition coefficient (Wildman–Crippen LogP) is 1.08. The van der Waals surface area contributed by atoms with Crippen molar-refractivity contribution in [1.29, 1.82) is 5.41 Å². The molecule has 1 aromatic heterocycles. The van der Waals surface area contributed by atoms with Crippen LogP contribution >= 0.6 is 0 Å². The minimum absolute atomic E-state index is 0.168. The molecule has 110 valence electrons. The summed E-state index contributed by atoms with van der Waals surface area (Å²) in [4.78, 5) is 11.0. The lowest BCUT2D eigenvalue weighted by Crippen LogP contribution is -2.36. The highest BCUT2D eigenvalue weighted by Crippen LogP contribution is 2.24. The van der Waals surface area contributed by atoms with E-state index in [1.165, 1.54) is 0 Å². The SMILES string of the molecule is Cc1nc(NC(=N)N)nc2cc(N3CCOCC3)ccc12. The Morgan fingerprint density at radius 3 is 2.81 bits per heavy atom. The summed E-state index contributed by atoms with van der Waals surface area (Å²) in [6, 6.07) is 6.16. The molecule has 0 atom stereocenters. The first-order chi connectivity index (χ1) is 10.1. The maximum atomic E-state index is 7.28. The number of ether oxygens (including phenoxy) is 1. The van der Waals surface area contributed by atoms with Gasteiger partial charge in [0.25, 0.3) is 0 Å². The third-order valence-corrected chi connectivity index (χ3v) is 3.49. The summed E-state index contributed by atoms with van der Waals surface area (Å²) < 4.78 is 5.38. The molecule has 2 heterocycles. The molecule has 4 N–H and O–H groups in total. The Morgan fingerprint density at radius 2 is 2.10 bits per heavy atom. The number of fused-ring (bicyclic) bond motifs is 1. The quantitative estimate of drug-likeness (QED) is 0.564. The zero-order valence-corrected chi connectivity index (χ0v) is 11.9. The summed E-state index contributed by atoms with van der Waals surface area (Å²) in [5.74, 6) is 0.185. The van der Waals surface area contributed by atoms with Gasteiger partial charge in [-0.05, 0) is 25.1 Å². The Morgan fingerprint density at radius 1 is 1.33 bits per heavy atom. The number of rotatable bonds is 2. The number of anilines is 2. The van der Waals surface area contributed by atoms with Gasteiger partial charge in [-0.25, -0.2) is 9.97 Å². The van der Waals surface area contributed by atoms with Gasteiger partial charge in [-0.15, -0.1) is 0 Å². The van der Waals surface area contributed by atoms with Crippen LogP contribution in [0.3, 0.4) is 0 Å². The largest absolute Gasteiger partial charge is 0.378 e. The van der Waals surface area contributed by atoms with Gasteiger partial charge in [-0.3, -0.25) is 10.7 Å². The monoisotopic (exact) mass is 286 g/mol. The van der Waals surface area contributed by atoms with Crippen LogP contribution in [-0.2, 0) is 4.74 Å². The van der Waals surface area contributed by atoms with Gasteiger partial charge in [0, 0.05) is 24.2 Å². The number of guanidine groups is 1. The Balaban J connectivity index is 2.00. The van der Waals surface area contributed by atoms with Crippen LogP contribution in [0.2, 0.25) is 0 Å². The molecule has 1 saturated heterocycles. The lowest BCUT2D eigenvalue weighted by atomic mass is 10.1. The predicted molar refractivity (Wildman–Crippen MR) is 82.8 cm³/mol. The first-order valence-electron chi connectivity index (χ1n) is 6.85. The summed E-state index contributed by atoms with van der Waals surface area (Å²) in [5.41, 5.74) is 8.16. The van der Waals surface area contributed by atoms with Crippen molar-refractivity contribution in [3.63, 3.8) is 0 Å². The molecule has 7 nitrogen and oxygen atoms in total. The van der Waals surface area contributed by atoms with Crippen LogP contribution in [0.4, 0.5) is 11.6 Å². The summed E-state index contributed by atoms with van der Waals surface area (Å²) >= 11 is 0. The average molecular weight is 286 g/mol. The minimum Gasteiger partial charge on any atom is -0.378 e. The van der Waals surface area contributed by atoms with Crippen molar-refractivity contribution in [2.45, 2.75) is 6.92 Å². The van der Waals surface area contributed by atoms with Gasteiger partial charge in [0.1, 0.15) is 0 Å². The molecular weight excluding hydrogens is 268 g/mol. The lowest BCUT2D eigenvalue weighted by Gasteiger charge is -2.29. The second-order valence-electron chi connectivity index (χ2n) is 4.97. The molecule has 3 rings (SSSR count). The van der Waals surface area contributed by atoms with Gasteiger partial charge in [0.15, 0.2) is 5.96 Å². The fourth-order valence-corrected chi connectivity index (χ4v) is 2.47. The fourth-order valence-electron chi connectivity index (χ4n) is 2.47. The molecule has 1 aliphatic heterocycles. The number of aromatic nitrogens is 2. The summed E-state index contributed by atoms with van der Waals surface area (Å²) in [6.45, 7) is 5.18. The van der Waals surface area contributed by atoms with Crippen LogP contribution in [0, 0.1) is 12.3 Å². The minimum atomic E-state index is -0.168. The zero-order valence-electron chi connectivity index (χ0n) is 11.9. The fraction of sp³-hybridized carbons (Fsp3) is 0.357. The highest BCUT2D eigenvalue weighted by molar-refractivity contribution is 5.90. The number of hydrogen-bond donors (Lipinski definition) is 3. The van der Waals surface area contributed by atoms with E-state index in [-0.39, 0.29) is 5.96 Å². The average Bonchev–Trinajstić information content (AvgIpc) is 2.47. The Kier molecular flexibility index (Phi) is 3.57. The number of nitrogens with two attached hydrogens (primary N) is 1. The van der Waals surface area contributed by atoms with E-state index in [0.29, 0.717) is 5.95 Å². The van der Waals surface area contributed by atoms with Crippen LogP contribution in [0.15, 0.2) is 18.2 Å². The summed E-state index contributed by atoms with van der Waals surface area (Å²) in [7, 11) is 0. The molecule has 21 heavy (non-hydrogen) atoms. The second-order valence-corrected chi connectivity index (χ2v) is 4.97. The van der Waals surface area contributed by atoms with Crippen LogP contribution in [-0.4, -0.2) is 42.2 Å². The number of nitrogens with one attached hydrogen (secondary N) is 2. The van der Waals surface area contributed by atoms with Crippen molar-refractivity contribution in [2.75, 3.05) is 36.5 Å². The molecule has 0 aliphatic carbocycles. The van der Waals surface area contributed by atoms with Crippen LogP contribution < -0.4 is 16.0 Å². The number of aryl methyl sites for hydroxylation is 1. The zero-order chi connectivity index (χ0) is 14.8. The molecule has 7 heteroatoms. The third-order valence-electron chi connectivity index (χ3n) is 3.49. The van der Waals surface area contributed by atoms with E-state index >= 15 is 0 Å². The molecule has 0 radical (unpaired) electrons. The normalized spacial score (nSPS) is 15.2. The van der Waals surface area contributed by atoms with Gasteiger partial charge in [-0.2, -0.15) is 0 Å². The van der Waals surface area contributed by atoms with Gasteiger partial charge in [0.2, 0.25) is 5.95 Å². The van der Waals surface area contributed by atoms with Gasteiger partial charge >= 0.3 is 0 Å². The van der Waals surface area contributed by atoms with Gasteiger partial charge < -0.3 is 15.4 Å². The van der Waals surface area contributed by atoms with Crippen molar-refractivity contribution < 1.29 is 4.74 Å². The van der Waals surface area contributed by atoms with E-state index in [9.17, 15) is 0 Å². The third kappa shape index (κ3) is 2.87. The standard InChI is InChI=1S/C14H18N6O/c1-9-11-3-2-10(20-4-6-21-7-5-20)8-12(11)18-14(17-9)19-13(15)16/h2-3,8H,4-7H2,1H3,(H4,15,16,17,18,19). The van der Waals surface area contributed by atoms with Crippen LogP contribution in [0.5, 0.6) is 0 Å². The van der Waals surface area contributed by atoms with E-state index in [2.05, 4.69) is 26.3 Å². The number of hydrogen-bond acceptors (Lipinski definition) is 5. The smallest absolute Gasteiger partial charge is 0.230 e. The molecular formula is C14H18N6O. The molecule has 0 bridgehead atoms. The Hall–Kier alpha value is -2.41. The van der Waals surface area contributed by atoms with Crippen LogP contribution in [0.25, 0.3) is 10.9 Å². The maximum absolute atomic E-state index is 7.28. The number of nitrogens with zero attached hydrogens (tertiary/aromatic N) is 3. The van der Waals surface area contributed by atoms with Gasteiger partial charge in [-0.1, -0.05) is 0 Å². The summed E-state index contributed by atoms with van der Waals surface area (Å²) in [6.07, 6.45) is 0. The van der Waals surface area contributed by atoms with E-state index in [0.717, 1.165) is 48.6 Å². The molecule has 0 unspecified atom stereocenters. The van der Waals surface area contributed by atoms with Crippen molar-refractivity contribution in [1.82, 2.24) is 9.97 Å². The number of benzene rings is 1. The molecule has 1 aromatic carbocycles. The van der Waals surface area contributed by atoms with Crippen molar-refractivity contribution in [3.8, 4) is 0 Å². The topological polar surface area (TPSA) is 100 Å². The van der Waals surface area contributed by atoms with Crippen molar-refractivity contribution in [2.24, 2.45) is 5.73 Å². The molecule has 2 aromatic rings. The van der Waals surface area contributed by atoms with Gasteiger partial charge in [0.05, 0.1) is 24.4 Å². The van der Waals surface area contributed by atoms with Crippen LogP contribution in [0.1, 0.15) is 5.69 Å². The van der Waals surface area contributed by atoms with E-state index in [4.69, 9.17) is 15.9 Å². The Bertz CT molecular complexity index is 680. The molecule has 1 fully saturated rings. The molecule has 0 spiro atoms. The first-order valence-corrected chi connectivity index (χ1v) is 6.85. The van der Waals surface area contributed by atoms with E-state index < -0.39 is 0 Å². The molecule has 0 amide bonds. The first kappa shape index (κ1) is 13.6. The maximum Gasteiger partial charge on any atom is 0.230 e. The molecule has 0 saturated carbocycles. The lowest BCUT2D eigenvalue weighted by molar-refractivity contribution is 0.122. The highest BCUT2D eigenvalue weighted by atomic mass is 16.5. The second kappa shape index (κ2) is 5.53. The molecule has 1 aliphatic rings. The summed E-state index contributed by atoms with van der Waals surface area (Å²) in [5, 5.41) is 10.9.